The smallest absolute Gasteiger partial charge is 0.282 e. The van der Waals surface area contributed by atoms with Gasteiger partial charge in [-0.1, -0.05) is 6.07 Å². The lowest BCUT2D eigenvalue weighted by Crippen LogP contribution is -2.01. The number of aromatic nitrogens is 2. The maximum Gasteiger partial charge on any atom is 0.294 e. The van der Waals surface area contributed by atoms with E-state index in [4.69, 9.17) is 4.55 Å². The lowest BCUT2D eigenvalue weighted by Gasteiger charge is -2.02. The topological polar surface area (TPSA) is 72.2 Å². The van der Waals surface area contributed by atoms with Crippen LogP contribution < -0.4 is 0 Å². The van der Waals surface area contributed by atoms with E-state index in [1.165, 1.54) is 12.1 Å². The highest BCUT2D eigenvalue weighted by molar-refractivity contribution is 7.85. The molecule has 1 heterocycles. The summed E-state index contributed by atoms with van der Waals surface area (Å²) in [6.45, 7) is 1.84. The summed E-state index contributed by atoms with van der Waals surface area (Å²) in [6, 6.07) is 7.76. The van der Waals surface area contributed by atoms with Crippen molar-refractivity contribution in [3.63, 3.8) is 0 Å². The van der Waals surface area contributed by atoms with E-state index < -0.39 is 10.1 Å². The van der Waals surface area contributed by atoms with Gasteiger partial charge < -0.3 is 0 Å². The number of benzene rings is 1. The molecule has 6 heteroatoms. The van der Waals surface area contributed by atoms with Crippen molar-refractivity contribution in [1.82, 2.24) is 9.78 Å². The lowest BCUT2D eigenvalue weighted by molar-refractivity contribution is 0.483. The van der Waals surface area contributed by atoms with Crippen LogP contribution in [0.5, 0.6) is 0 Å². The first-order valence-corrected chi connectivity index (χ1v) is 6.01. The van der Waals surface area contributed by atoms with Gasteiger partial charge >= 0.3 is 0 Å². The quantitative estimate of drug-likeness (QED) is 0.803. The highest BCUT2D eigenvalue weighted by Crippen LogP contribution is 2.14. The summed E-state index contributed by atoms with van der Waals surface area (Å²) in [5, 5.41) is 4.14. The van der Waals surface area contributed by atoms with Crippen LogP contribution in [0.1, 0.15) is 5.69 Å². The summed E-state index contributed by atoms with van der Waals surface area (Å²) in [6.07, 6.45) is 1.72. The van der Waals surface area contributed by atoms with E-state index in [9.17, 15) is 8.42 Å². The monoisotopic (exact) mass is 238 g/mol. The molecule has 2 rings (SSSR count). The van der Waals surface area contributed by atoms with Crippen LogP contribution in [0.4, 0.5) is 0 Å². The number of rotatable bonds is 2. The minimum Gasteiger partial charge on any atom is -0.282 e. The lowest BCUT2D eigenvalue weighted by atomic mass is 10.3. The van der Waals surface area contributed by atoms with Gasteiger partial charge in [-0.05, 0) is 31.2 Å². The van der Waals surface area contributed by atoms with Crippen molar-refractivity contribution in [2.75, 3.05) is 0 Å². The van der Waals surface area contributed by atoms with Gasteiger partial charge in [-0.2, -0.15) is 13.5 Å². The van der Waals surface area contributed by atoms with Crippen molar-refractivity contribution in [2.45, 2.75) is 11.8 Å². The molecule has 2 aromatic rings. The molecule has 1 aromatic carbocycles. The van der Waals surface area contributed by atoms with Crippen molar-refractivity contribution >= 4 is 10.1 Å². The average Bonchev–Trinajstić information content (AvgIpc) is 2.64. The Morgan fingerprint density at radius 2 is 2.06 bits per heavy atom. The molecule has 0 amide bonds. The summed E-state index contributed by atoms with van der Waals surface area (Å²) in [5.74, 6) is 0. The van der Waals surface area contributed by atoms with Gasteiger partial charge in [-0.25, -0.2) is 4.68 Å². The third kappa shape index (κ3) is 2.12. The molecule has 0 fully saturated rings. The second kappa shape index (κ2) is 3.73. The zero-order valence-electron chi connectivity index (χ0n) is 8.53. The Balaban J connectivity index is 2.52. The fourth-order valence-corrected chi connectivity index (χ4v) is 1.87. The van der Waals surface area contributed by atoms with Crippen molar-refractivity contribution in [1.29, 1.82) is 0 Å². The summed E-state index contributed by atoms with van der Waals surface area (Å²) in [5.41, 5.74) is 1.42. The largest absolute Gasteiger partial charge is 0.294 e. The fraction of sp³-hybridized carbons (Fsp3) is 0.100. The van der Waals surface area contributed by atoms with Crippen LogP contribution in [0.2, 0.25) is 0 Å². The molecular formula is C10H10N2O3S. The van der Waals surface area contributed by atoms with Gasteiger partial charge in [-0.3, -0.25) is 4.55 Å². The molecule has 0 radical (unpaired) electrons. The predicted octanol–water partition coefficient (Wildman–Crippen LogP) is 1.43. The summed E-state index contributed by atoms with van der Waals surface area (Å²) in [7, 11) is -4.17. The molecule has 84 valence electrons. The highest BCUT2D eigenvalue weighted by Gasteiger charge is 2.10. The van der Waals surface area contributed by atoms with Crippen LogP contribution in [-0.2, 0) is 10.1 Å². The van der Waals surface area contributed by atoms with Crippen molar-refractivity contribution in [2.24, 2.45) is 0 Å². The van der Waals surface area contributed by atoms with E-state index in [-0.39, 0.29) is 4.90 Å². The van der Waals surface area contributed by atoms with E-state index >= 15 is 0 Å². The van der Waals surface area contributed by atoms with Gasteiger partial charge in [0.15, 0.2) is 0 Å². The Labute approximate surface area is 93.1 Å². The van der Waals surface area contributed by atoms with E-state index in [0.717, 1.165) is 5.69 Å². The Bertz CT molecular complexity index is 616. The summed E-state index contributed by atoms with van der Waals surface area (Å²) < 4.78 is 32.3. The van der Waals surface area contributed by atoms with Crippen LogP contribution in [0.25, 0.3) is 5.69 Å². The van der Waals surface area contributed by atoms with E-state index in [1.54, 1.807) is 29.1 Å². The average molecular weight is 238 g/mol. The van der Waals surface area contributed by atoms with Crippen molar-refractivity contribution in [3.8, 4) is 5.69 Å². The van der Waals surface area contributed by atoms with Crippen LogP contribution in [-0.4, -0.2) is 22.8 Å². The van der Waals surface area contributed by atoms with Crippen LogP contribution >= 0.6 is 0 Å². The predicted molar refractivity (Wildman–Crippen MR) is 58.1 cm³/mol. The first-order chi connectivity index (χ1) is 7.47. The first kappa shape index (κ1) is 10.8. The van der Waals surface area contributed by atoms with E-state index in [2.05, 4.69) is 5.10 Å². The molecule has 5 nitrogen and oxygen atoms in total. The second-order valence-corrected chi connectivity index (χ2v) is 4.80. The SMILES string of the molecule is Cc1ccn(-c2cccc(S(=O)(=O)O)c2)n1. The highest BCUT2D eigenvalue weighted by atomic mass is 32.2. The van der Waals surface area contributed by atoms with Crippen LogP contribution in [0.3, 0.4) is 0 Å². The Hall–Kier alpha value is -1.66. The van der Waals surface area contributed by atoms with Crippen molar-refractivity contribution in [3.05, 3.63) is 42.2 Å². The minimum absolute atomic E-state index is 0.141. The first-order valence-electron chi connectivity index (χ1n) is 4.57. The van der Waals surface area contributed by atoms with Gasteiger partial charge in [0.1, 0.15) is 0 Å². The summed E-state index contributed by atoms with van der Waals surface area (Å²) >= 11 is 0. The molecular weight excluding hydrogens is 228 g/mol. The molecule has 0 saturated carbocycles. The number of nitrogens with zero attached hydrogens (tertiary/aromatic N) is 2. The molecule has 0 aliphatic rings. The molecule has 0 bridgehead atoms. The number of aryl methyl sites for hydroxylation is 1. The Kier molecular flexibility index (Phi) is 2.53. The molecule has 1 N–H and O–H groups in total. The Morgan fingerprint density at radius 1 is 1.31 bits per heavy atom. The van der Waals surface area contributed by atoms with E-state index in [1.807, 2.05) is 6.92 Å². The fourth-order valence-electron chi connectivity index (χ4n) is 1.35. The normalized spacial score (nSPS) is 11.6. The molecule has 0 unspecified atom stereocenters. The van der Waals surface area contributed by atoms with Crippen LogP contribution in [0, 0.1) is 6.92 Å². The van der Waals surface area contributed by atoms with Crippen molar-refractivity contribution < 1.29 is 13.0 Å². The molecule has 0 aliphatic carbocycles. The van der Waals surface area contributed by atoms with Gasteiger partial charge in [0.05, 0.1) is 16.3 Å². The molecule has 1 aromatic heterocycles. The third-order valence-corrected chi connectivity index (χ3v) is 2.95. The Morgan fingerprint density at radius 3 is 2.62 bits per heavy atom. The standard InChI is InChI=1S/C10H10N2O3S/c1-8-5-6-12(11-8)9-3-2-4-10(7-9)16(13,14)15/h2-7H,1H3,(H,13,14,15). The van der Waals surface area contributed by atoms with Gasteiger partial charge in [-0.15, -0.1) is 0 Å². The van der Waals surface area contributed by atoms with E-state index in [0.29, 0.717) is 5.69 Å². The van der Waals surface area contributed by atoms with Gasteiger partial charge in [0, 0.05) is 6.20 Å². The maximum absolute atomic E-state index is 10.9. The molecule has 16 heavy (non-hydrogen) atoms. The third-order valence-electron chi connectivity index (χ3n) is 2.10. The molecule has 0 saturated heterocycles. The van der Waals surface area contributed by atoms with Crippen LogP contribution in [0.15, 0.2) is 41.4 Å². The molecule has 0 spiro atoms. The second-order valence-electron chi connectivity index (χ2n) is 3.37. The van der Waals surface area contributed by atoms with Gasteiger partial charge in [0.25, 0.3) is 10.1 Å². The van der Waals surface area contributed by atoms with Gasteiger partial charge in [0.2, 0.25) is 0 Å². The zero-order chi connectivity index (χ0) is 11.8. The number of hydrogen-bond donors (Lipinski definition) is 1. The minimum atomic E-state index is -4.17. The molecule has 0 aliphatic heterocycles. The number of hydrogen-bond acceptors (Lipinski definition) is 3. The summed E-state index contributed by atoms with van der Waals surface area (Å²) in [4.78, 5) is -0.141. The zero-order valence-corrected chi connectivity index (χ0v) is 9.35. The molecule has 0 atom stereocenters. The maximum atomic E-state index is 10.9.